The van der Waals surface area contributed by atoms with Gasteiger partial charge < -0.3 is 14.5 Å². The summed E-state index contributed by atoms with van der Waals surface area (Å²) in [5.41, 5.74) is 6.63. The van der Waals surface area contributed by atoms with Gasteiger partial charge in [0.05, 0.1) is 17.2 Å². The first-order valence-corrected chi connectivity index (χ1v) is 12.5. The van der Waals surface area contributed by atoms with Gasteiger partial charge in [0.15, 0.2) is 0 Å². The van der Waals surface area contributed by atoms with Crippen molar-refractivity contribution >= 4 is 27.8 Å². The van der Waals surface area contributed by atoms with E-state index in [1.54, 1.807) is 0 Å². The van der Waals surface area contributed by atoms with Crippen LogP contribution >= 0.6 is 0 Å². The maximum Gasteiger partial charge on any atom is 0.225 e. The summed E-state index contributed by atoms with van der Waals surface area (Å²) in [6, 6.07) is 19.2. The van der Waals surface area contributed by atoms with E-state index in [4.69, 9.17) is 4.98 Å². The van der Waals surface area contributed by atoms with Crippen molar-refractivity contribution in [2.24, 2.45) is 11.8 Å². The highest BCUT2D eigenvalue weighted by molar-refractivity contribution is 5.94. The van der Waals surface area contributed by atoms with E-state index in [0.717, 1.165) is 66.8 Å². The topological polar surface area (TPSA) is 66.8 Å². The number of amides is 1. The Labute approximate surface area is 203 Å². The molecule has 0 unspecified atom stereocenters. The van der Waals surface area contributed by atoms with E-state index in [1.807, 2.05) is 24.7 Å². The Morgan fingerprint density at radius 1 is 1.00 bits per heavy atom. The molecule has 5 aromatic rings. The molecular formula is C29H27N5O. The molecule has 6 heteroatoms. The molecule has 7 rings (SSSR count). The van der Waals surface area contributed by atoms with Crippen molar-refractivity contribution in [2.45, 2.75) is 25.8 Å². The molecule has 0 spiro atoms. The van der Waals surface area contributed by atoms with E-state index in [-0.39, 0.29) is 0 Å². The number of nitrogens with one attached hydrogen (secondary N) is 1. The molecule has 2 fully saturated rings. The molecule has 1 N–H and O–H groups in total. The summed E-state index contributed by atoms with van der Waals surface area (Å²) in [7, 11) is 0. The molecule has 2 aliphatic rings. The second kappa shape index (κ2) is 8.08. The van der Waals surface area contributed by atoms with Gasteiger partial charge in [0.1, 0.15) is 11.3 Å². The number of pyridine rings is 1. The van der Waals surface area contributed by atoms with E-state index in [2.05, 4.69) is 68.0 Å². The predicted octanol–water partition coefficient (Wildman–Crippen LogP) is 5.51. The monoisotopic (exact) mass is 461 g/mol. The minimum absolute atomic E-state index is 0.291. The number of nitrogens with zero attached hydrogens (tertiary/aromatic N) is 4. The van der Waals surface area contributed by atoms with Gasteiger partial charge in [-0.1, -0.05) is 42.5 Å². The number of benzene rings is 2. The Hall–Kier alpha value is -3.93. The zero-order valence-corrected chi connectivity index (χ0v) is 19.5. The molecule has 1 amide bonds. The Morgan fingerprint density at radius 2 is 1.86 bits per heavy atom. The van der Waals surface area contributed by atoms with Crippen molar-refractivity contribution in [2.75, 3.05) is 13.1 Å². The lowest BCUT2D eigenvalue weighted by Crippen LogP contribution is -2.30. The predicted molar refractivity (Wildman–Crippen MR) is 138 cm³/mol. The summed E-state index contributed by atoms with van der Waals surface area (Å²) in [6.07, 6.45) is 8.84. The van der Waals surface area contributed by atoms with E-state index in [9.17, 15) is 4.79 Å². The number of H-pyrrole nitrogens is 1. The molecule has 4 heterocycles. The fourth-order valence-electron chi connectivity index (χ4n) is 5.54. The number of imidazole rings is 1. The summed E-state index contributed by atoms with van der Waals surface area (Å²) in [4.78, 5) is 27.3. The Morgan fingerprint density at radius 3 is 2.71 bits per heavy atom. The molecule has 1 aliphatic carbocycles. The Balaban J connectivity index is 1.21. The molecule has 1 aliphatic heterocycles. The van der Waals surface area contributed by atoms with Crippen LogP contribution in [0.25, 0.3) is 44.5 Å². The molecule has 0 bridgehead atoms. The molecule has 1 saturated heterocycles. The highest BCUT2D eigenvalue weighted by atomic mass is 16.2. The van der Waals surface area contributed by atoms with Crippen LogP contribution in [0.3, 0.4) is 0 Å². The second-order valence-electron chi connectivity index (χ2n) is 9.95. The van der Waals surface area contributed by atoms with Gasteiger partial charge in [0.2, 0.25) is 5.91 Å². The Bertz CT molecular complexity index is 1540. The Kier molecular flexibility index (Phi) is 4.72. The highest BCUT2D eigenvalue weighted by Crippen LogP contribution is 2.35. The summed E-state index contributed by atoms with van der Waals surface area (Å²) in [5.74, 6) is 2.05. The van der Waals surface area contributed by atoms with Crippen molar-refractivity contribution in [1.29, 1.82) is 0 Å². The van der Waals surface area contributed by atoms with Crippen LogP contribution < -0.4 is 0 Å². The van der Waals surface area contributed by atoms with Gasteiger partial charge in [-0.25, -0.2) is 4.98 Å². The van der Waals surface area contributed by atoms with Crippen LogP contribution in [0.1, 0.15) is 19.3 Å². The normalized spacial score (nSPS) is 18.1. The van der Waals surface area contributed by atoms with Crippen LogP contribution in [0.15, 0.2) is 73.2 Å². The maximum absolute atomic E-state index is 12.6. The number of para-hydroxylation sites is 1. The van der Waals surface area contributed by atoms with Gasteiger partial charge in [-0.15, -0.1) is 0 Å². The number of carbonyl (C=O) groups excluding carboxylic acids is 1. The van der Waals surface area contributed by atoms with Crippen LogP contribution in [-0.2, 0) is 11.3 Å². The quantitative estimate of drug-likeness (QED) is 0.376. The van der Waals surface area contributed by atoms with E-state index < -0.39 is 0 Å². The lowest BCUT2D eigenvalue weighted by Gasteiger charge is -2.18. The average Bonchev–Trinajstić information content (AvgIpc) is 3.28. The van der Waals surface area contributed by atoms with Crippen LogP contribution in [0.5, 0.6) is 0 Å². The SMILES string of the molecule is O=C(C1CC1)N1CC[C@H](Cn2c(-c3ccc(-c4cccc5cc[nH]c45)cc3)nc3cnccc32)C1. The van der Waals surface area contributed by atoms with Gasteiger partial charge in [-0.2, -0.15) is 0 Å². The standard InChI is InChI=1S/C29H27N5O/c35-29(23-8-9-23)33-15-12-19(17-33)18-34-26-11-13-30-16-25(26)32-28(34)22-6-4-20(5-7-22)24-3-1-2-21-10-14-31-27(21)24/h1-7,10-11,13-14,16,19,23,31H,8-9,12,15,17-18H2/t19-/m0/s1. The number of carbonyl (C=O) groups is 1. The number of fused-ring (bicyclic) bond motifs is 2. The minimum Gasteiger partial charge on any atom is -0.361 e. The van der Waals surface area contributed by atoms with Crippen molar-refractivity contribution < 1.29 is 4.79 Å². The fraction of sp³-hybridized carbons (Fsp3) is 0.276. The molecule has 35 heavy (non-hydrogen) atoms. The third-order valence-electron chi connectivity index (χ3n) is 7.56. The maximum atomic E-state index is 12.6. The van der Waals surface area contributed by atoms with Crippen molar-refractivity contribution in [3.63, 3.8) is 0 Å². The molecule has 3 aromatic heterocycles. The number of rotatable bonds is 5. The smallest absolute Gasteiger partial charge is 0.225 e. The molecule has 174 valence electrons. The summed E-state index contributed by atoms with van der Waals surface area (Å²) < 4.78 is 2.33. The van der Waals surface area contributed by atoms with E-state index in [0.29, 0.717) is 17.7 Å². The van der Waals surface area contributed by atoms with Crippen molar-refractivity contribution in [3.8, 4) is 22.5 Å². The second-order valence-corrected chi connectivity index (χ2v) is 9.95. The van der Waals surface area contributed by atoms with Crippen LogP contribution in [0, 0.1) is 11.8 Å². The summed E-state index contributed by atoms with van der Waals surface area (Å²) in [6.45, 7) is 2.58. The number of aromatic nitrogens is 4. The first-order chi connectivity index (χ1) is 17.2. The summed E-state index contributed by atoms with van der Waals surface area (Å²) >= 11 is 0. The molecule has 6 nitrogen and oxygen atoms in total. The highest BCUT2D eigenvalue weighted by Gasteiger charge is 2.36. The largest absolute Gasteiger partial charge is 0.361 e. The zero-order chi connectivity index (χ0) is 23.4. The number of aromatic amines is 1. The van der Waals surface area contributed by atoms with Gasteiger partial charge in [0, 0.05) is 49.1 Å². The third-order valence-corrected chi connectivity index (χ3v) is 7.56. The molecule has 0 radical (unpaired) electrons. The molecule has 2 aromatic carbocycles. The van der Waals surface area contributed by atoms with Crippen LogP contribution in [-0.4, -0.2) is 43.4 Å². The van der Waals surface area contributed by atoms with Gasteiger partial charge in [-0.3, -0.25) is 9.78 Å². The van der Waals surface area contributed by atoms with Gasteiger partial charge >= 0.3 is 0 Å². The van der Waals surface area contributed by atoms with Crippen molar-refractivity contribution in [1.82, 2.24) is 24.4 Å². The first-order valence-electron chi connectivity index (χ1n) is 12.5. The number of hydrogen-bond acceptors (Lipinski definition) is 3. The summed E-state index contributed by atoms with van der Waals surface area (Å²) in [5, 5.41) is 1.21. The van der Waals surface area contributed by atoms with Crippen LogP contribution in [0.2, 0.25) is 0 Å². The van der Waals surface area contributed by atoms with Crippen LogP contribution in [0.4, 0.5) is 0 Å². The molecule has 1 saturated carbocycles. The minimum atomic E-state index is 0.291. The first kappa shape index (κ1) is 20.4. The van der Waals surface area contributed by atoms with Gasteiger partial charge in [0.25, 0.3) is 0 Å². The lowest BCUT2D eigenvalue weighted by atomic mass is 10.0. The molecule has 1 atom stereocenters. The van der Waals surface area contributed by atoms with Crippen molar-refractivity contribution in [3.05, 3.63) is 73.2 Å². The number of likely N-dealkylation sites (tertiary alicyclic amines) is 1. The van der Waals surface area contributed by atoms with E-state index in [1.165, 1.54) is 16.5 Å². The van der Waals surface area contributed by atoms with Gasteiger partial charge in [-0.05, 0) is 48.3 Å². The molecular weight excluding hydrogens is 434 g/mol. The average molecular weight is 462 g/mol. The van der Waals surface area contributed by atoms with E-state index >= 15 is 0 Å². The number of hydrogen-bond donors (Lipinski definition) is 1. The third kappa shape index (κ3) is 3.60. The fourth-order valence-corrected chi connectivity index (χ4v) is 5.54. The zero-order valence-electron chi connectivity index (χ0n) is 19.5. The lowest BCUT2D eigenvalue weighted by molar-refractivity contribution is -0.131.